The Hall–Kier alpha value is -3.36. The fourth-order valence-electron chi connectivity index (χ4n) is 3.18. The summed E-state index contributed by atoms with van der Waals surface area (Å²) >= 11 is 0. The van der Waals surface area contributed by atoms with Gasteiger partial charge in [-0.2, -0.15) is 0 Å². The molecular weight excluding hydrogens is 390 g/mol. The van der Waals surface area contributed by atoms with Crippen LogP contribution in [0.2, 0.25) is 0 Å². The molecule has 0 bridgehead atoms. The highest BCUT2D eigenvalue weighted by Crippen LogP contribution is 2.33. The van der Waals surface area contributed by atoms with Gasteiger partial charge in [0.2, 0.25) is 0 Å². The van der Waals surface area contributed by atoms with Gasteiger partial charge in [-0.3, -0.25) is 4.79 Å². The van der Waals surface area contributed by atoms with Gasteiger partial charge in [0.25, 0.3) is 15.9 Å². The molecule has 1 amide bonds. The van der Waals surface area contributed by atoms with E-state index >= 15 is 0 Å². The number of aromatic hydroxyl groups is 1. The maximum Gasteiger partial charge on any atom is 0.273 e. The van der Waals surface area contributed by atoms with Gasteiger partial charge in [-0.25, -0.2) is 13.4 Å². The number of hydrazine groups is 1. The van der Waals surface area contributed by atoms with Gasteiger partial charge in [0, 0.05) is 5.69 Å². The number of carbonyl (C=O) groups is 1. The molecule has 0 fully saturated rings. The third-order valence-electron chi connectivity index (χ3n) is 4.66. The highest BCUT2D eigenvalue weighted by molar-refractivity contribution is 7.89. The molecule has 29 heavy (non-hydrogen) atoms. The van der Waals surface area contributed by atoms with Crippen LogP contribution in [0.4, 0.5) is 5.69 Å². The molecule has 0 spiro atoms. The van der Waals surface area contributed by atoms with E-state index in [1.165, 1.54) is 24.3 Å². The van der Waals surface area contributed by atoms with Crippen LogP contribution in [0, 0.1) is 6.92 Å². The second-order valence-electron chi connectivity index (χ2n) is 6.77. The second-order valence-corrected chi connectivity index (χ2v) is 8.43. The van der Waals surface area contributed by atoms with Crippen LogP contribution in [0.15, 0.2) is 77.7 Å². The van der Waals surface area contributed by atoms with Crippen molar-refractivity contribution in [1.82, 2.24) is 9.84 Å². The van der Waals surface area contributed by atoms with Crippen molar-refractivity contribution in [2.75, 3.05) is 5.32 Å². The van der Waals surface area contributed by atoms with Gasteiger partial charge >= 0.3 is 0 Å². The number of anilines is 1. The van der Waals surface area contributed by atoms with Gasteiger partial charge in [-0.15, -0.1) is 4.83 Å². The molecule has 1 aliphatic rings. The summed E-state index contributed by atoms with van der Waals surface area (Å²) in [4.78, 5) is 15.6. The fourth-order valence-corrected chi connectivity index (χ4v) is 4.22. The number of sulfonamides is 1. The summed E-state index contributed by atoms with van der Waals surface area (Å²) in [6.45, 7) is 1.86. The third kappa shape index (κ3) is 3.67. The van der Waals surface area contributed by atoms with Gasteiger partial charge in [0.05, 0.1) is 10.5 Å². The zero-order chi connectivity index (χ0) is 20.6. The SMILES string of the molecule is Cc1ccc(S(=O)(=O)NN2C(=O)c3ccccc3N[C@H]2c2cccc(O)c2)cc1. The first-order valence-electron chi connectivity index (χ1n) is 8.92. The van der Waals surface area contributed by atoms with E-state index < -0.39 is 22.1 Å². The molecule has 0 unspecified atom stereocenters. The molecule has 148 valence electrons. The first-order valence-corrected chi connectivity index (χ1v) is 10.4. The lowest BCUT2D eigenvalue weighted by atomic mass is 10.0. The Morgan fingerprint density at radius 1 is 1.00 bits per heavy atom. The van der Waals surface area contributed by atoms with Crippen molar-refractivity contribution >= 4 is 21.6 Å². The molecular formula is C21H19N3O4S. The number of carbonyl (C=O) groups excluding carboxylic acids is 1. The average molecular weight is 409 g/mol. The maximum atomic E-state index is 13.1. The Bertz CT molecular complexity index is 1180. The Balaban J connectivity index is 1.77. The quantitative estimate of drug-likeness (QED) is 0.615. The molecule has 1 heterocycles. The Morgan fingerprint density at radius 3 is 2.45 bits per heavy atom. The number of nitrogens with one attached hydrogen (secondary N) is 2. The van der Waals surface area contributed by atoms with E-state index in [4.69, 9.17) is 0 Å². The van der Waals surface area contributed by atoms with Crippen LogP contribution in [0.5, 0.6) is 5.75 Å². The molecule has 0 aliphatic carbocycles. The van der Waals surface area contributed by atoms with Crippen molar-refractivity contribution < 1.29 is 18.3 Å². The second kappa shape index (κ2) is 7.23. The molecule has 1 atom stereocenters. The lowest BCUT2D eigenvalue weighted by Gasteiger charge is -2.37. The Kier molecular flexibility index (Phi) is 4.73. The first kappa shape index (κ1) is 19.0. The van der Waals surface area contributed by atoms with Crippen LogP contribution in [0.25, 0.3) is 0 Å². The molecule has 8 heteroatoms. The smallest absolute Gasteiger partial charge is 0.273 e. The van der Waals surface area contributed by atoms with Crippen LogP contribution in [0.1, 0.15) is 27.7 Å². The van der Waals surface area contributed by atoms with Gasteiger partial charge in [0.1, 0.15) is 11.9 Å². The van der Waals surface area contributed by atoms with E-state index in [-0.39, 0.29) is 10.6 Å². The lowest BCUT2D eigenvalue weighted by molar-refractivity contribution is 0.0632. The summed E-state index contributed by atoms with van der Waals surface area (Å²) in [7, 11) is -4.01. The number of aryl methyl sites for hydroxylation is 1. The van der Waals surface area contributed by atoms with E-state index in [0.717, 1.165) is 10.6 Å². The monoisotopic (exact) mass is 409 g/mol. The van der Waals surface area contributed by atoms with E-state index in [0.29, 0.717) is 16.8 Å². The van der Waals surface area contributed by atoms with Crippen LogP contribution < -0.4 is 10.1 Å². The van der Waals surface area contributed by atoms with Crippen LogP contribution in [-0.2, 0) is 10.0 Å². The molecule has 3 aromatic rings. The minimum atomic E-state index is -4.01. The molecule has 4 rings (SSSR count). The summed E-state index contributed by atoms with van der Waals surface area (Å²) in [5.41, 5.74) is 2.37. The molecule has 7 nitrogen and oxygen atoms in total. The van der Waals surface area contributed by atoms with E-state index in [1.807, 2.05) is 6.92 Å². The number of phenolic OH excluding ortho intramolecular Hbond substituents is 1. The predicted octanol–water partition coefficient (Wildman–Crippen LogP) is 3.16. The molecule has 0 saturated carbocycles. The van der Waals surface area contributed by atoms with Gasteiger partial charge in [-0.1, -0.05) is 42.0 Å². The van der Waals surface area contributed by atoms with Crippen molar-refractivity contribution in [2.24, 2.45) is 0 Å². The zero-order valence-corrected chi connectivity index (χ0v) is 16.3. The number of phenols is 1. The van der Waals surface area contributed by atoms with Crippen molar-refractivity contribution in [3.63, 3.8) is 0 Å². The van der Waals surface area contributed by atoms with Crippen LogP contribution in [-0.4, -0.2) is 24.4 Å². The van der Waals surface area contributed by atoms with Gasteiger partial charge in [0.15, 0.2) is 0 Å². The average Bonchev–Trinajstić information content (AvgIpc) is 2.70. The lowest BCUT2D eigenvalue weighted by Crippen LogP contribution is -2.52. The van der Waals surface area contributed by atoms with Crippen molar-refractivity contribution in [1.29, 1.82) is 0 Å². The minimum absolute atomic E-state index is 0.0111. The van der Waals surface area contributed by atoms with Crippen LogP contribution >= 0.6 is 0 Å². The number of hydrogen-bond donors (Lipinski definition) is 3. The van der Waals surface area contributed by atoms with Crippen LogP contribution in [0.3, 0.4) is 0 Å². The number of benzene rings is 3. The summed E-state index contributed by atoms with van der Waals surface area (Å²) < 4.78 is 25.9. The van der Waals surface area contributed by atoms with E-state index in [1.54, 1.807) is 48.5 Å². The standard InChI is InChI=1S/C21H19N3O4S/c1-14-9-11-17(12-10-14)29(27,28)23-24-20(15-5-4-6-16(25)13-15)22-19-8-3-2-7-18(19)21(24)26/h2-13,20,22-23,25H,1H3/t20-/m1/s1. The molecule has 3 N–H and O–H groups in total. The summed E-state index contributed by atoms with van der Waals surface area (Å²) in [6.07, 6.45) is -0.843. The molecule has 0 saturated heterocycles. The third-order valence-corrected chi connectivity index (χ3v) is 5.99. The van der Waals surface area contributed by atoms with Crippen molar-refractivity contribution in [3.8, 4) is 5.75 Å². The van der Waals surface area contributed by atoms with E-state index in [9.17, 15) is 18.3 Å². The number of nitrogens with zero attached hydrogens (tertiary/aromatic N) is 1. The van der Waals surface area contributed by atoms with Crippen molar-refractivity contribution in [2.45, 2.75) is 18.0 Å². The first-order chi connectivity index (χ1) is 13.8. The molecule has 0 aromatic heterocycles. The number of hydrogen-bond acceptors (Lipinski definition) is 5. The number of fused-ring (bicyclic) bond motifs is 1. The predicted molar refractivity (Wildman–Crippen MR) is 109 cm³/mol. The topological polar surface area (TPSA) is 98.7 Å². The minimum Gasteiger partial charge on any atom is -0.508 e. The number of para-hydroxylation sites is 1. The highest BCUT2D eigenvalue weighted by atomic mass is 32.2. The molecule has 3 aromatic carbocycles. The summed E-state index contributed by atoms with van der Waals surface area (Å²) in [5, 5.41) is 14.1. The largest absolute Gasteiger partial charge is 0.508 e. The fraction of sp³-hybridized carbons (Fsp3) is 0.0952. The Morgan fingerprint density at radius 2 is 1.72 bits per heavy atom. The van der Waals surface area contributed by atoms with Crippen molar-refractivity contribution in [3.05, 3.63) is 89.5 Å². The zero-order valence-electron chi connectivity index (χ0n) is 15.5. The molecule has 1 aliphatic heterocycles. The highest BCUT2D eigenvalue weighted by Gasteiger charge is 2.36. The number of amides is 1. The number of rotatable bonds is 4. The Labute approximate surface area is 168 Å². The molecule has 0 radical (unpaired) electrons. The summed E-state index contributed by atoms with van der Waals surface area (Å²) in [6, 6.07) is 19.5. The normalized spacial score (nSPS) is 16.2. The van der Waals surface area contributed by atoms with Gasteiger partial charge in [-0.05, 0) is 48.9 Å². The van der Waals surface area contributed by atoms with E-state index in [2.05, 4.69) is 10.1 Å². The summed E-state index contributed by atoms with van der Waals surface area (Å²) in [5.74, 6) is -0.486. The van der Waals surface area contributed by atoms with Gasteiger partial charge < -0.3 is 10.4 Å². The maximum absolute atomic E-state index is 13.1.